The lowest BCUT2D eigenvalue weighted by molar-refractivity contribution is -0.161. The van der Waals surface area contributed by atoms with Crippen LogP contribution in [0.2, 0.25) is 0 Å². The van der Waals surface area contributed by atoms with Crippen LogP contribution in [-0.2, 0) is 20.9 Å². The molecule has 0 saturated heterocycles. The number of rotatable bonds is 7. The van der Waals surface area contributed by atoms with Crippen molar-refractivity contribution in [3.05, 3.63) is 90.2 Å². The highest BCUT2D eigenvalue weighted by molar-refractivity contribution is 6.13. The monoisotopic (exact) mass is 402 g/mol. The Hall–Kier alpha value is -3.14. The molecule has 154 valence electrons. The van der Waals surface area contributed by atoms with Gasteiger partial charge in [0, 0.05) is 17.9 Å². The number of fused-ring (bicyclic) bond motifs is 1. The molecule has 0 unspecified atom stereocenters. The third-order valence-electron chi connectivity index (χ3n) is 6.60. The topological polar surface area (TPSA) is 52.6 Å². The predicted molar refractivity (Wildman–Crippen MR) is 115 cm³/mol. The van der Waals surface area contributed by atoms with Crippen molar-refractivity contribution in [1.82, 2.24) is 0 Å². The molecule has 1 fully saturated rings. The molecule has 0 heterocycles. The summed E-state index contributed by atoms with van der Waals surface area (Å²) in [6.45, 7) is 6.18. The number of carbonyl (C=O) groups excluding carboxylic acids is 2. The lowest BCUT2D eigenvalue weighted by Crippen LogP contribution is -2.63. The van der Waals surface area contributed by atoms with Gasteiger partial charge in [-0.15, -0.1) is 6.58 Å². The maximum atomic E-state index is 13.4. The van der Waals surface area contributed by atoms with E-state index in [-0.39, 0.29) is 35.8 Å². The number of hydrogen-bond donors (Lipinski definition) is 0. The van der Waals surface area contributed by atoms with Crippen LogP contribution in [-0.4, -0.2) is 18.7 Å². The van der Waals surface area contributed by atoms with Gasteiger partial charge in [-0.1, -0.05) is 55.5 Å². The molecule has 2 aromatic carbocycles. The van der Waals surface area contributed by atoms with Gasteiger partial charge in [0.25, 0.3) is 0 Å². The quantitative estimate of drug-likeness (QED) is 0.621. The van der Waals surface area contributed by atoms with E-state index in [9.17, 15) is 9.59 Å². The first-order chi connectivity index (χ1) is 14.5. The number of Topliss-reactive ketones (excluding diaryl/α,β-unsaturated/α-hetero) is 1. The molecule has 4 atom stereocenters. The zero-order valence-electron chi connectivity index (χ0n) is 17.3. The van der Waals surface area contributed by atoms with Gasteiger partial charge in [-0.3, -0.25) is 9.59 Å². The Morgan fingerprint density at radius 1 is 1.03 bits per heavy atom. The van der Waals surface area contributed by atoms with E-state index in [1.807, 2.05) is 61.5 Å². The molecule has 0 bridgehead atoms. The molecule has 4 rings (SSSR count). The smallest absolute Gasteiger partial charge is 0.201 e. The van der Waals surface area contributed by atoms with Gasteiger partial charge in [-0.25, -0.2) is 0 Å². The number of methoxy groups -OCH3 is 1. The second kappa shape index (κ2) is 7.94. The van der Waals surface area contributed by atoms with E-state index in [2.05, 4.69) is 6.58 Å². The fraction of sp³-hybridized carbons (Fsp3) is 0.308. The summed E-state index contributed by atoms with van der Waals surface area (Å²) in [6.07, 6.45) is 3.63. The van der Waals surface area contributed by atoms with Crippen LogP contribution in [0.3, 0.4) is 0 Å². The first-order valence-corrected chi connectivity index (χ1v) is 10.2. The zero-order chi connectivity index (χ0) is 21.3. The summed E-state index contributed by atoms with van der Waals surface area (Å²) in [5.74, 6) is 0.397. The molecule has 0 N–H and O–H groups in total. The third kappa shape index (κ3) is 3.07. The second-order valence-electron chi connectivity index (χ2n) is 8.13. The first-order valence-electron chi connectivity index (χ1n) is 10.2. The minimum absolute atomic E-state index is 0.0267. The standard InChI is InChI=1S/C26H26O4/c1-4-14-26-22(27)15-21(30-16-18-8-6-5-7-9-18)25(28)24(26)17(2)23(26)19-10-12-20(29-3)13-11-19/h4-13,15,17,23-24H,1,14,16H2,2-3H3/t17-,23+,24+,26+/m1/s1. The van der Waals surface area contributed by atoms with Crippen molar-refractivity contribution in [3.8, 4) is 5.75 Å². The molecule has 2 aliphatic rings. The molecule has 0 radical (unpaired) electrons. The number of benzene rings is 2. The fourth-order valence-electron chi connectivity index (χ4n) is 5.32. The summed E-state index contributed by atoms with van der Waals surface area (Å²) in [7, 11) is 1.63. The molecule has 2 aromatic rings. The van der Waals surface area contributed by atoms with Gasteiger partial charge in [-0.2, -0.15) is 0 Å². The van der Waals surface area contributed by atoms with Crippen molar-refractivity contribution in [2.24, 2.45) is 17.3 Å². The van der Waals surface area contributed by atoms with Crippen LogP contribution in [0.5, 0.6) is 5.75 Å². The van der Waals surface area contributed by atoms with E-state index in [4.69, 9.17) is 9.47 Å². The summed E-state index contributed by atoms with van der Waals surface area (Å²) in [4.78, 5) is 26.7. The van der Waals surface area contributed by atoms with E-state index in [1.54, 1.807) is 13.2 Å². The second-order valence-corrected chi connectivity index (χ2v) is 8.13. The highest BCUT2D eigenvalue weighted by Gasteiger charge is 2.67. The minimum atomic E-state index is -0.785. The predicted octanol–water partition coefficient (Wildman–Crippen LogP) is 4.86. The van der Waals surface area contributed by atoms with Gasteiger partial charge in [0.05, 0.1) is 12.5 Å². The van der Waals surface area contributed by atoms with Crippen molar-refractivity contribution in [1.29, 1.82) is 0 Å². The number of allylic oxidation sites excluding steroid dienone is 3. The zero-order valence-corrected chi connectivity index (χ0v) is 17.3. The normalized spacial score (nSPS) is 27.5. The van der Waals surface area contributed by atoms with E-state index in [0.29, 0.717) is 6.42 Å². The molecule has 4 nitrogen and oxygen atoms in total. The van der Waals surface area contributed by atoms with Crippen LogP contribution in [0.4, 0.5) is 0 Å². The van der Waals surface area contributed by atoms with Gasteiger partial charge in [0.1, 0.15) is 12.4 Å². The molecule has 4 heteroatoms. The van der Waals surface area contributed by atoms with Gasteiger partial charge in [0.2, 0.25) is 5.78 Å². The molecule has 1 saturated carbocycles. The molecular weight excluding hydrogens is 376 g/mol. The molecule has 0 aromatic heterocycles. The van der Waals surface area contributed by atoms with Crippen LogP contribution in [0.15, 0.2) is 79.1 Å². The Labute approximate surface area is 177 Å². The van der Waals surface area contributed by atoms with Crippen LogP contribution >= 0.6 is 0 Å². The van der Waals surface area contributed by atoms with Crippen LogP contribution in [0.25, 0.3) is 0 Å². The number of carbonyl (C=O) groups is 2. The van der Waals surface area contributed by atoms with Crippen molar-refractivity contribution >= 4 is 11.6 Å². The number of ketones is 2. The molecule has 0 aliphatic heterocycles. The average Bonchev–Trinajstić information content (AvgIpc) is 2.76. The fourth-order valence-corrected chi connectivity index (χ4v) is 5.32. The van der Waals surface area contributed by atoms with Crippen molar-refractivity contribution in [3.63, 3.8) is 0 Å². The average molecular weight is 402 g/mol. The highest BCUT2D eigenvalue weighted by Crippen LogP contribution is 2.65. The SMILES string of the molecule is C=CC[C@@]12C(=O)C=C(OCc3ccccc3)C(=O)[C@@H]1[C@H](C)[C@H]2c1ccc(OC)cc1. The molecule has 0 spiro atoms. The van der Waals surface area contributed by atoms with E-state index in [0.717, 1.165) is 16.9 Å². The van der Waals surface area contributed by atoms with Crippen LogP contribution < -0.4 is 4.74 Å². The summed E-state index contributed by atoms with van der Waals surface area (Å²) in [5.41, 5.74) is 1.22. The third-order valence-corrected chi connectivity index (χ3v) is 6.60. The Kier molecular flexibility index (Phi) is 5.33. The number of ether oxygens (including phenoxy) is 2. The Morgan fingerprint density at radius 3 is 2.37 bits per heavy atom. The molecule has 0 amide bonds. The maximum Gasteiger partial charge on any atom is 0.201 e. The first kappa shape index (κ1) is 20.1. The Bertz CT molecular complexity index is 989. The van der Waals surface area contributed by atoms with E-state index >= 15 is 0 Å². The lowest BCUT2D eigenvalue weighted by Gasteiger charge is -2.60. The highest BCUT2D eigenvalue weighted by atomic mass is 16.5. The summed E-state index contributed by atoms with van der Waals surface area (Å²) < 4.78 is 11.1. The van der Waals surface area contributed by atoms with Crippen LogP contribution in [0.1, 0.15) is 30.4 Å². The largest absolute Gasteiger partial charge is 0.497 e. The molecule has 2 aliphatic carbocycles. The molecule has 30 heavy (non-hydrogen) atoms. The van der Waals surface area contributed by atoms with E-state index < -0.39 is 11.3 Å². The van der Waals surface area contributed by atoms with Crippen molar-refractivity contribution in [2.75, 3.05) is 7.11 Å². The van der Waals surface area contributed by atoms with Gasteiger partial charge in [-0.05, 0) is 35.6 Å². The summed E-state index contributed by atoms with van der Waals surface area (Å²) in [6, 6.07) is 17.4. The Balaban J connectivity index is 1.65. The maximum absolute atomic E-state index is 13.4. The van der Waals surface area contributed by atoms with Crippen molar-refractivity contribution < 1.29 is 19.1 Å². The minimum Gasteiger partial charge on any atom is -0.497 e. The van der Waals surface area contributed by atoms with E-state index in [1.165, 1.54) is 6.08 Å². The summed E-state index contributed by atoms with van der Waals surface area (Å²) in [5, 5.41) is 0. The van der Waals surface area contributed by atoms with Gasteiger partial charge < -0.3 is 9.47 Å². The number of hydrogen-bond acceptors (Lipinski definition) is 4. The lowest BCUT2D eigenvalue weighted by atomic mass is 9.40. The summed E-state index contributed by atoms with van der Waals surface area (Å²) >= 11 is 0. The van der Waals surface area contributed by atoms with Gasteiger partial charge in [0.15, 0.2) is 11.5 Å². The molecular formula is C26H26O4. The van der Waals surface area contributed by atoms with Crippen molar-refractivity contribution in [2.45, 2.75) is 25.9 Å². The Morgan fingerprint density at radius 2 is 1.73 bits per heavy atom. The van der Waals surface area contributed by atoms with Crippen LogP contribution in [0, 0.1) is 17.3 Å². The van der Waals surface area contributed by atoms with Gasteiger partial charge >= 0.3 is 0 Å².